The summed E-state index contributed by atoms with van der Waals surface area (Å²) in [6, 6.07) is 14.1. The molecule has 2 rings (SSSR count). The van der Waals surface area contributed by atoms with Crippen LogP contribution in [0.2, 0.25) is 0 Å². The smallest absolute Gasteiger partial charge is 0.344 e. The largest absolute Gasteiger partial charge is 0.506 e. The molecule has 0 saturated carbocycles. The first-order chi connectivity index (χ1) is 11.5. The number of carbonyl (C=O) groups excluding carboxylic acids is 1. The summed E-state index contributed by atoms with van der Waals surface area (Å²) >= 11 is 5.51. The molecule has 0 atom stereocenters. The maximum Gasteiger partial charge on any atom is 0.344 e. The van der Waals surface area contributed by atoms with Gasteiger partial charge in [-0.25, -0.2) is 4.79 Å². The van der Waals surface area contributed by atoms with E-state index < -0.39 is 5.97 Å². The van der Waals surface area contributed by atoms with Gasteiger partial charge in [0.05, 0.1) is 12.3 Å². The van der Waals surface area contributed by atoms with E-state index in [9.17, 15) is 9.90 Å². The minimum absolute atomic E-state index is 0.0851. The summed E-state index contributed by atoms with van der Waals surface area (Å²) in [6.07, 6.45) is 0. The lowest BCUT2D eigenvalue weighted by molar-refractivity contribution is -0.137. The molecule has 0 saturated heterocycles. The monoisotopic (exact) mass is 499 g/mol. The predicted molar refractivity (Wildman–Crippen MR) is 106 cm³/mol. The molecule has 0 aliphatic heterocycles. The lowest BCUT2D eigenvalue weighted by Crippen LogP contribution is -2.18. The third-order valence-corrected chi connectivity index (χ3v) is 4.64. The summed E-state index contributed by atoms with van der Waals surface area (Å²) in [4.78, 5) is 12.4. The minimum Gasteiger partial charge on any atom is -0.506 e. The Kier molecular flexibility index (Phi) is 6.56. The second-order valence-electron chi connectivity index (χ2n) is 4.81. The van der Waals surface area contributed by atoms with E-state index in [0.29, 0.717) is 15.6 Å². The van der Waals surface area contributed by atoms with Crippen LogP contribution < -0.4 is 0 Å². The molecule has 2 N–H and O–H groups in total. The van der Waals surface area contributed by atoms with Gasteiger partial charge >= 0.3 is 5.97 Å². The molecule has 6 heteroatoms. The zero-order chi connectivity index (χ0) is 17.7. The fourth-order valence-corrected chi connectivity index (χ4v) is 2.90. The number of aliphatic hydroxyl groups excluding tert-OH is 1. The standard InChI is InChI=1S/C18H15BrINO3/c1-2-24-18(23)15(16(21)11-7-9-12(20)10-8-11)17(22)13-5-3-4-6-14(13)19/h3-10,21-22H,2H2,1H3. The van der Waals surface area contributed by atoms with Crippen LogP contribution in [0.1, 0.15) is 18.1 Å². The lowest BCUT2D eigenvalue weighted by atomic mass is 9.98. The highest BCUT2D eigenvalue weighted by Crippen LogP contribution is 2.27. The normalized spacial score (nSPS) is 11.6. The SMILES string of the molecule is CCOC(=O)C(C(=N)c1ccc(I)cc1)=C(O)c1ccccc1Br. The average Bonchev–Trinajstić information content (AvgIpc) is 2.56. The number of benzene rings is 2. The molecule has 124 valence electrons. The Balaban J connectivity index is 2.58. The van der Waals surface area contributed by atoms with Gasteiger partial charge < -0.3 is 9.84 Å². The second kappa shape index (κ2) is 8.43. The van der Waals surface area contributed by atoms with Gasteiger partial charge in [-0.2, -0.15) is 0 Å². The van der Waals surface area contributed by atoms with E-state index in [2.05, 4.69) is 38.5 Å². The Labute approximate surface area is 162 Å². The van der Waals surface area contributed by atoms with E-state index in [0.717, 1.165) is 3.57 Å². The molecule has 0 spiro atoms. The molecule has 0 aliphatic rings. The lowest BCUT2D eigenvalue weighted by Gasteiger charge is -2.13. The topological polar surface area (TPSA) is 70.4 Å². The van der Waals surface area contributed by atoms with Crippen LogP contribution in [0.15, 0.2) is 58.6 Å². The maximum atomic E-state index is 12.4. The van der Waals surface area contributed by atoms with Crippen molar-refractivity contribution in [2.45, 2.75) is 6.92 Å². The summed E-state index contributed by atoms with van der Waals surface area (Å²) in [5.41, 5.74) is 0.705. The van der Waals surface area contributed by atoms with E-state index in [1.807, 2.05) is 12.1 Å². The van der Waals surface area contributed by atoms with Crippen molar-refractivity contribution in [2.75, 3.05) is 6.61 Å². The molecule has 0 amide bonds. The van der Waals surface area contributed by atoms with Gasteiger partial charge in [-0.05, 0) is 47.7 Å². The van der Waals surface area contributed by atoms with Crippen LogP contribution in [0.25, 0.3) is 5.76 Å². The molecule has 0 unspecified atom stereocenters. The molecule has 0 heterocycles. The first kappa shape index (κ1) is 18.7. The van der Waals surface area contributed by atoms with Crippen LogP contribution in [0, 0.1) is 8.98 Å². The first-order valence-corrected chi connectivity index (χ1v) is 9.03. The van der Waals surface area contributed by atoms with Crippen molar-refractivity contribution < 1.29 is 14.6 Å². The molecule has 24 heavy (non-hydrogen) atoms. The van der Waals surface area contributed by atoms with Crippen LogP contribution in [-0.2, 0) is 9.53 Å². The predicted octanol–water partition coefficient (Wildman–Crippen LogP) is 4.95. The molecular formula is C18H15BrINO3. The average molecular weight is 500 g/mol. The summed E-state index contributed by atoms with van der Waals surface area (Å²) < 4.78 is 6.68. The zero-order valence-corrected chi connectivity index (χ0v) is 16.6. The summed E-state index contributed by atoms with van der Waals surface area (Å²) in [5.74, 6) is -1.02. The molecular weight excluding hydrogens is 485 g/mol. The third-order valence-electron chi connectivity index (χ3n) is 3.23. The maximum absolute atomic E-state index is 12.4. The Morgan fingerprint density at radius 3 is 2.42 bits per heavy atom. The number of hydrogen-bond donors (Lipinski definition) is 2. The summed E-state index contributed by atoms with van der Waals surface area (Å²) in [5, 5.41) is 19.0. The molecule has 2 aromatic carbocycles. The quantitative estimate of drug-likeness (QED) is 0.201. The molecule has 0 radical (unpaired) electrons. The van der Waals surface area contributed by atoms with Crippen LogP contribution in [0.3, 0.4) is 0 Å². The molecule has 2 aromatic rings. The number of carbonyl (C=O) groups is 1. The van der Waals surface area contributed by atoms with E-state index in [1.54, 1.807) is 43.3 Å². The number of rotatable bonds is 5. The Morgan fingerprint density at radius 1 is 1.21 bits per heavy atom. The minimum atomic E-state index is -0.727. The van der Waals surface area contributed by atoms with Crippen molar-refractivity contribution in [3.05, 3.63) is 73.3 Å². The highest BCUT2D eigenvalue weighted by molar-refractivity contribution is 14.1. The molecule has 4 nitrogen and oxygen atoms in total. The summed E-state index contributed by atoms with van der Waals surface area (Å²) in [6.45, 7) is 1.84. The van der Waals surface area contributed by atoms with Gasteiger partial charge in [-0.15, -0.1) is 0 Å². The van der Waals surface area contributed by atoms with Gasteiger partial charge in [-0.1, -0.05) is 46.3 Å². The second-order valence-corrected chi connectivity index (χ2v) is 6.91. The summed E-state index contributed by atoms with van der Waals surface area (Å²) in [7, 11) is 0. The van der Waals surface area contributed by atoms with Crippen LogP contribution in [-0.4, -0.2) is 23.4 Å². The van der Waals surface area contributed by atoms with Gasteiger partial charge in [0.25, 0.3) is 0 Å². The van der Waals surface area contributed by atoms with E-state index in [-0.39, 0.29) is 23.7 Å². The number of aliphatic hydroxyl groups is 1. The highest BCUT2D eigenvalue weighted by Gasteiger charge is 2.24. The van der Waals surface area contributed by atoms with Crippen molar-refractivity contribution in [1.82, 2.24) is 0 Å². The van der Waals surface area contributed by atoms with Crippen molar-refractivity contribution in [2.24, 2.45) is 0 Å². The van der Waals surface area contributed by atoms with Crippen molar-refractivity contribution >= 4 is 56.0 Å². The van der Waals surface area contributed by atoms with Gasteiger partial charge in [0.2, 0.25) is 0 Å². The Morgan fingerprint density at radius 2 is 1.83 bits per heavy atom. The number of nitrogens with one attached hydrogen (secondary N) is 1. The first-order valence-electron chi connectivity index (χ1n) is 7.15. The fourth-order valence-electron chi connectivity index (χ4n) is 2.07. The van der Waals surface area contributed by atoms with Gasteiger partial charge in [0.1, 0.15) is 11.3 Å². The fraction of sp³-hybridized carbons (Fsp3) is 0.111. The van der Waals surface area contributed by atoms with Crippen molar-refractivity contribution in [1.29, 1.82) is 5.41 Å². The van der Waals surface area contributed by atoms with Gasteiger partial charge in [0, 0.05) is 19.2 Å². The van der Waals surface area contributed by atoms with Crippen LogP contribution in [0.5, 0.6) is 0 Å². The van der Waals surface area contributed by atoms with Crippen molar-refractivity contribution in [3.63, 3.8) is 0 Å². The molecule has 0 aromatic heterocycles. The number of halogens is 2. The van der Waals surface area contributed by atoms with E-state index in [4.69, 9.17) is 10.1 Å². The zero-order valence-electron chi connectivity index (χ0n) is 12.8. The third kappa shape index (κ3) is 4.24. The number of ether oxygens (including phenoxy) is 1. The van der Waals surface area contributed by atoms with Gasteiger partial charge in [-0.3, -0.25) is 5.41 Å². The number of hydrogen-bond acceptors (Lipinski definition) is 4. The molecule has 0 aliphatic carbocycles. The number of esters is 1. The van der Waals surface area contributed by atoms with Crippen LogP contribution >= 0.6 is 38.5 Å². The molecule has 0 fully saturated rings. The Bertz CT molecular complexity index is 800. The Hall–Kier alpha value is -1.67. The highest BCUT2D eigenvalue weighted by atomic mass is 127. The van der Waals surface area contributed by atoms with E-state index >= 15 is 0 Å². The van der Waals surface area contributed by atoms with E-state index in [1.165, 1.54) is 0 Å². The van der Waals surface area contributed by atoms with Crippen molar-refractivity contribution in [3.8, 4) is 0 Å². The molecule has 0 bridgehead atoms. The van der Waals surface area contributed by atoms with Gasteiger partial charge in [0.15, 0.2) is 0 Å². The van der Waals surface area contributed by atoms with Crippen LogP contribution in [0.4, 0.5) is 0 Å².